The second kappa shape index (κ2) is 8.33. The molecule has 0 atom stereocenters. The van der Waals surface area contributed by atoms with E-state index in [1.165, 1.54) is 11.5 Å². The van der Waals surface area contributed by atoms with Gasteiger partial charge in [-0.3, -0.25) is 0 Å². The number of benzene rings is 2. The first-order valence-electron chi connectivity index (χ1n) is 8.58. The van der Waals surface area contributed by atoms with E-state index >= 15 is 0 Å². The first-order chi connectivity index (χ1) is 12.3. The molecule has 25 heavy (non-hydrogen) atoms. The van der Waals surface area contributed by atoms with Crippen LogP contribution in [-0.4, -0.2) is 24.0 Å². The Morgan fingerprint density at radius 3 is 2.68 bits per heavy atom. The molecule has 3 rings (SSSR count). The molecule has 0 unspecified atom stereocenters. The van der Waals surface area contributed by atoms with Crippen LogP contribution in [0.4, 0.5) is 4.39 Å². The first kappa shape index (κ1) is 17.0. The van der Waals surface area contributed by atoms with Crippen LogP contribution >= 0.6 is 0 Å². The number of para-hydroxylation sites is 1. The Hall–Kier alpha value is -2.82. The van der Waals surface area contributed by atoms with E-state index in [1.54, 1.807) is 6.07 Å². The third-order valence-electron chi connectivity index (χ3n) is 3.98. The maximum absolute atomic E-state index is 13.7. The highest BCUT2D eigenvalue weighted by Gasteiger charge is 2.03. The largest absolute Gasteiger partial charge is 0.357 e. The van der Waals surface area contributed by atoms with Gasteiger partial charge in [0, 0.05) is 24.3 Å². The van der Waals surface area contributed by atoms with Gasteiger partial charge >= 0.3 is 0 Å². The highest BCUT2D eigenvalue weighted by atomic mass is 19.1. The van der Waals surface area contributed by atoms with Crippen LogP contribution in [0.15, 0.2) is 59.6 Å². The quantitative estimate of drug-likeness (QED) is 0.475. The number of nitrogens with zero attached hydrogens (tertiary/aromatic N) is 1. The van der Waals surface area contributed by atoms with Gasteiger partial charge in [-0.2, -0.15) is 0 Å². The van der Waals surface area contributed by atoms with Crippen LogP contribution in [0.2, 0.25) is 0 Å². The van der Waals surface area contributed by atoms with E-state index in [2.05, 4.69) is 38.8 Å². The van der Waals surface area contributed by atoms with Gasteiger partial charge in [0.25, 0.3) is 0 Å². The molecule has 0 aliphatic rings. The predicted molar refractivity (Wildman–Crippen MR) is 101 cm³/mol. The topological polar surface area (TPSA) is 52.2 Å². The van der Waals surface area contributed by atoms with E-state index in [-0.39, 0.29) is 5.82 Å². The zero-order valence-electron chi connectivity index (χ0n) is 14.3. The average Bonchev–Trinajstić information content (AvgIpc) is 3.04. The fraction of sp³-hybridized carbons (Fsp3) is 0.250. The van der Waals surface area contributed by atoms with Gasteiger partial charge in [0.15, 0.2) is 5.96 Å². The van der Waals surface area contributed by atoms with E-state index in [4.69, 9.17) is 0 Å². The molecule has 4 nitrogen and oxygen atoms in total. The van der Waals surface area contributed by atoms with Crippen LogP contribution in [0.3, 0.4) is 0 Å². The molecule has 5 heteroatoms. The third kappa shape index (κ3) is 4.59. The SMILES string of the molecule is CCNC(=NCc1cc2ccccc2[nH]1)NCCc1ccccc1F. The molecular formula is C20H23FN4. The highest BCUT2D eigenvalue weighted by Crippen LogP contribution is 2.15. The molecule has 2 aromatic carbocycles. The third-order valence-corrected chi connectivity index (χ3v) is 3.98. The summed E-state index contributed by atoms with van der Waals surface area (Å²) in [5.74, 6) is 0.571. The summed E-state index contributed by atoms with van der Waals surface area (Å²) in [4.78, 5) is 7.97. The number of aromatic nitrogens is 1. The molecule has 3 aromatic rings. The lowest BCUT2D eigenvalue weighted by molar-refractivity contribution is 0.606. The zero-order chi connectivity index (χ0) is 17.5. The van der Waals surface area contributed by atoms with Crippen molar-refractivity contribution in [1.82, 2.24) is 15.6 Å². The Kier molecular flexibility index (Phi) is 5.67. The van der Waals surface area contributed by atoms with Crippen molar-refractivity contribution >= 4 is 16.9 Å². The van der Waals surface area contributed by atoms with Crippen molar-refractivity contribution in [2.24, 2.45) is 4.99 Å². The van der Waals surface area contributed by atoms with Crippen molar-refractivity contribution in [3.05, 3.63) is 71.7 Å². The summed E-state index contributed by atoms with van der Waals surface area (Å²) >= 11 is 0. The molecule has 0 aliphatic carbocycles. The predicted octanol–water partition coefficient (Wildman–Crippen LogP) is 3.60. The molecule has 3 N–H and O–H groups in total. The summed E-state index contributed by atoms with van der Waals surface area (Å²) in [7, 11) is 0. The Labute approximate surface area is 147 Å². The Bertz CT molecular complexity index is 821. The van der Waals surface area contributed by atoms with Gasteiger partial charge in [0.05, 0.1) is 6.54 Å². The fourth-order valence-electron chi connectivity index (χ4n) is 2.74. The number of fused-ring (bicyclic) bond motifs is 1. The van der Waals surface area contributed by atoms with Crippen molar-refractivity contribution in [3.8, 4) is 0 Å². The van der Waals surface area contributed by atoms with E-state index in [0.717, 1.165) is 23.7 Å². The second-order valence-corrected chi connectivity index (χ2v) is 5.85. The van der Waals surface area contributed by atoms with Crippen LogP contribution in [0.1, 0.15) is 18.2 Å². The molecule has 130 valence electrons. The lowest BCUT2D eigenvalue weighted by Crippen LogP contribution is -2.38. The molecule has 0 saturated carbocycles. The Morgan fingerprint density at radius 1 is 1.08 bits per heavy atom. The van der Waals surface area contributed by atoms with E-state index < -0.39 is 0 Å². The number of guanidine groups is 1. The standard InChI is InChI=1S/C20H23FN4/c1-2-22-20(23-12-11-15-7-3-5-9-18(15)21)24-14-17-13-16-8-4-6-10-19(16)25-17/h3-10,13,25H,2,11-12,14H2,1H3,(H2,22,23,24). The van der Waals surface area contributed by atoms with Crippen LogP contribution < -0.4 is 10.6 Å². The van der Waals surface area contributed by atoms with Gasteiger partial charge in [-0.05, 0) is 42.5 Å². The molecule has 0 saturated heterocycles. The van der Waals surface area contributed by atoms with Gasteiger partial charge in [-0.1, -0.05) is 36.4 Å². The molecule has 1 heterocycles. The normalized spacial score (nSPS) is 11.7. The summed E-state index contributed by atoms with van der Waals surface area (Å²) in [5, 5.41) is 7.66. The Balaban J connectivity index is 1.59. The lowest BCUT2D eigenvalue weighted by Gasteiger charge is -2.11. The summed E-state index contributed by atoms with van der Waals surface area (Å²) < 4.78 is 13.7. The van der Waals surface area contributed by atoms with Crippen molar-refractivity contribution < 1.29 is 4.39 Å². The minimum absolute atomic E-state index is 0.163. The highest BCUT2D eigenvalue weighted by molar-refractivity contribution is 5.81. The molecule has 0 spiro atoms. The minimum Gasteiger partial charge on any atom is -0.357 e. The van der Waals surface area contributed by atoms with Gasteiger partial charge in [-0.25, -0.2) is 9.38 Å². The van der Waals surface area contributed by atoms with Gasteiger partial charge in [-0.15, -0.1) is 0 Å². The fourth-order valence-corrected chi connectivity index (χ4v) is 2.74. The van der Waals surface area contributed by atoms with Crippen LogP contribution in [-0.2, 0) is 13.0 Å². The number of hydrogen-bond donors (Lipinski definition) is 3. The molecule has 0 radical (unpaired) electrons. The number of hydrogen-bond acceptors (Lipinski definition) is 1. The van der Waals surface area contributed by atoms with Crippen molar-refractivity contribution in [2.45, 2.75) is 19.9 Å². The molecule has 0 fully saturated rings. The number of H-pyrrole nitrogens is 1. The number of nitrogens with one attached hydrogen (secondary N) is 3. The van der Waals surface area contributed by atoms with E-state index in [1.807, 2.05) is 31.2 Å². The lowest BCUT2D eigenvalue weighted by atomic mass is 10.1. The Morgan fingerprint density at radius 2 is 1.88 bits per heavy atom. The van der Waals surface area contributed by atoms with Crippen LogP contribution in [0.5, 0.6) is 0 Å². The number of rotatable bonds is 6. The maximum Gasteiger partial charge on any atom is 0.191 e. The average molecular weight is 338 g/mol. The van der Waals surface area contributed by atoms with Crippen LogP contribution in [0.25, 0.3) is 10.9 Å². The summed E-state index contributed by atoms with van der Waals surface area (Å²) in [5.41, 5.74) is 2.89. The molecule has 0 amide bonds. The summed E-state index contributed by atoms with van der Waals surface area (Å²) in [6, 6.07) is 17.2. The number of aliphatic imine (C=N–C) groups is 1. The van der Waals surface area contributed by atoms with E-state index in [9.17, 15) is 4.39 Å². The minimum atomic E-state index is -0.163. The summed E-state index contributed by atoms with van der Waals surface area (Å²) in [6.45, 7) is 3.98. The smallest absolute Gasteiger partial charge is 0.191 e. The number of aromatic amines is 1. The molecule has 0 bridgehead atoms. The summed E-state index contributed by atoms with van der Waals surface area (Å²) in [6.07, 6.45) is 0.615. The van der Waals surface area contributed by atoms with Crippen LogP contribution in [0, 0.1) is 5.82 Å². The van der Waals surface area contributed by atoms with Crippen molar-refractivity contribution in [1.29, 1.82) is 0 Å². The second-order valence-electron chi connectivity index (χ2n) is 5.85. The van der Waals surface area contributed by atoms with Gasteiger partial charge in [0.1, 0.15) is 5.82 Å². The monoisotopic (exact) mass is 338 g/mol. The van der Waals surface area contributed by atoms with Crippen molar-refractivity contribution in [2.75, 3.05) is 13.1 Å². The number of halogens is 1. The van der Waals surface area contributed by atoms with Gasteiger partial charge < -0.3 is 15.6 Å². The maximum atomic E-state index is 13.7. The van der Waals surface area contributed by atoms with E-state index in [0.29, 0.717) is 25.1 Å². The first-order valence-corrected chi connectivity index (χ1v) is 8.58. The van der Waals surface area contributed by atoms with Crippen molar-refractivity contribution in [3.63, 3.8) is 0 Å². The molecule has 0 aliphatic heterocycles. The molecule has 1 aromatic heterocycles. The van der Waals surface area contributed by atoms with Gasteiger partial charge in [0.2, 0.25) is 0 Å². The zero-order valence-corrected chi connectivity index (χ0v) is 14.3. The molecular weight excluding hydrogens is 315 g/mol.